The molecule has 2 N–H and O–H groups in total. The molecule has 0 spiro atoms. The number of rotatable bonds is 10. The second-order valence-electron chi connectivity index (χ2n) is 12.8. The van der Waals surface area contributed by atoms with Crippen molar-refractivity contribution in [3.63, 3.8) is 0 Å². The molecular formula is C28H51N5O5. The zero-order valence-electron chi connectivity index (χ0n) is 25.0. The van der Waals surface area contributed by atoms with Crippen molar-refractivity contribution in [2.75, 3.05) is 47.3 Å². The van der Waals surface area contributed by atoms with Crippen LogP contribution < -0.4 is 5.32 Å². The first kappa shape index (κ1) is 32.2. The minimum absolute atomic E-state index is 0.0786. The highest BCUT2D eigenvalue weighted by molar-refractivity contribution is 5.91. The van der Waals surface area contributed by atoms with Gasteiger partial charge in [0.25, 0.3) is 0 Å². The second kappa shape index (κ2) is 13.3. The Labute approximate surface area is 229 Å². The summed E-state index contributed by atoms with van der Waals surface area (Å²) in [6.07, 6.45) is 2.44. The molecule has 10 heteroatoms. The molecule has 2 aliphatic heterocycles. The summed E-state index contributed by atoms with van der Waals surface area (Å²) in [5.74, 6) is -0.497. The summed E-state index contributed by atoms with van der Waals surface area (Å²) in [7, 11) is 5.54. The molecule has 0 radical (unpaired) electrons. The highest BCUT2D eigenvalue weighted by Gasteiger charge is 2.40. The third-order valence-corrected chi connectivity index (χ3v) is 8.06. The van der Waals surface area contributed by atoms with Crippen molar-refractivity contribution in [1.29, 1.82) is 0 Å². The maximum atomic E-state index is 13.8. The van der Waals surface area contributed by atoms with Gasteiger partial charge in [0.1, 0.15) is 6.04 Å². The van der Waals surface area contributed by atoms with E-state index in [4.69, 9.17) is 0 Å². The van der Waals surface area contributed by atoms with Gasteiger partial charge in [0.2, 0.25) is 17.7 Å². The van der Waals surface area contributed by atoms with Crippen LogP contribution in [0.5, 0.6) is 0 Å². The minimum Gasteiger partial charge on any atom is -0.391 e. The number of Topliss-reactive ketones (excluding diaryl/α,β-unsaturated/α-hetero) is 1. The quantitative estimate of drug-likeness (QED) is 0.427. The van der Waals surface area contributed by atoms with Crippen molar-refractivity contribution in [2.45, 2.75) is 97.5 Å². The zero-order valence-corrected chi connectivity index (χ0v) is 25.0. The Kier molecular flexibility index (Phi) is 11.3. The maximum Gasteiger partial charge on any atom is 0.245 e. The van der Waals surface area contributed by atoms with Gasteiger partial charge in [-0.3, -0.25) is 29.0 Å². The van der Waals surface area contributed by atoms with Gasteiger partial charge in [0, 0.05) is 32.6 Å². The summed E-state index contributed by atoms with van der Waals surface area (Å²) in [5.41, 5.74) is -0.490. The topological polar surface area (TPSA) is 113 Å². The number of amides is 3. The van der Waals surface area contributed by atoms with Crippen molar-refractivity contribution in [3.8, 4) is 0 Å². The summed E-state index contributed by atoms with van der Waals surface area (Å²) >= 11 is 0. The zero-order chi connectivity index (χ0) is 28.9. The average molecular weight is 538 g/mol. The lowest BCUT2D eigenvalue weighted by molar-refractivity contribution is -0.143. The van der Waals surface area contributed by atoms with E-state index in [2.05, 4.69) is 10.2 Å². The maximum absolute atomic E-state index is 13.8. The number of carbonyl (C=O) groups is 4. The molecule has 2 saturated heterocycles. The number of likely N-dealkylation sites (N-methyl/N-ethyl adjacent to an activating group) is 3. The van der Waals surface area contributed by atoms with E-state index in [0.29, 0.717) is 6.54 Å². The Hall–Kier alpha value is -2.04. The normalized spacial score (nSPS) is 24.4. The van der Waals surface area contributed by atoms with E-state index in [-0.39, 0.29) is 61.0 Å². The lowest BCUT2D eigenvalue weighted by Gasteiger charge is -2.40. The van der Waals surface area contributed by atoms with Crippen LogP contribution in [0.15, 0.2) is 0 Å². The molecule has 4 unspecified atom stereocenters. The Morgan fingerprint density at radius 2 is 1.71 bits per heavy atom. The van der Waals surface area contributed by atoms with E-state index >= 15 is 0 Å². The molecule has 38 heavy (non-hydrogen) atoms. The third-order valence-electron chi connectivity index (χ3n) is 8.06. The smallest absolute Gasteiger partial charge is 0.245 e. The number of hydrogen-bond acceptors (Lipinski definition) is 7. The van der Waals surface area contributed by atoms with E-state index in [1.165, 1.54) is 11.8 Å². The third kappa shape index (κ3) is 8.23. The van der Waals surface area contributed by atoms with Crippen molar-refractivity contribution in [1.82, 2.24) is 24.9 Å². The van der Waals surface area contributed by atoms with Crippen LogP contribution in [0, 0.1) is 11.3 Å². The van der Waals surface area contributed by atoms with Gasteiger partial charge < -0.3 is 20.2 Å². The van der Waals surface area contributed by atoms with Gasteiger partial charge in [-0.25, -0.2) is 0 Å². The first-order chi connectivity index (χ1) is 17.5. The van der Waals surface area contributed by atoms with Gasteiger partial charge in [0.05, 0.1) is 24.7 Å². The number of piperidine rings is 1. The largest absolute Gasteiger partial charge is 0.391 e. The Morgan fingerprint density at radius 3 is 2.24 bits per heavy atom. The molecule has 2 rings (SSSR count). The van der Waals surface area contributed by atoms with E-state index in [0.717, 1.165) is 25.8 Å². The minimum atomic E-state index is -0.691. The van der Waals surface area contributed by atoms with E-state index in [1.807, 2.05) is 53.6 Å². The van der Waals surface area contributed by atoms with Crippen LogP contribution >= 0.6 is 0 Å². The molecule has 3 amide bonds. The fourth-order valence-corrected chi connectivity index (χ4v) is 5.62. The fourth-order valence-electron chi connectivity index (χ4n) is 5.62. The number of hydrogen-bond donors (Lipinski definition) is 2. The average Bonchev–Trinajstić information content (AvgIpc) is 3.21. The number of ketones is 1. The van der Waals surface area contributed by atoms with Crippen LogP contribution in [0.2, 0.25) is 0 Å². The molecule has 0 aliphatic carbocycles. The second-order valence-corrected chi connectivity index (χ2v) is 12.8. The van der Waals surface area contributed by atoms with E-state index < -0.39 is 23.6 Å². The van der Waals surface area contributed by atoms with Gasteiger partial charge in [-0.1, -0.05) is 41.0 Å². The number of carbonyl (C=O) groups excluding carboxylic acids is 4. The fraction of sp³-hybridized carbons (Fsp3) is 0.857. The van der Waals surface area contributed by atoms with E-state index in [9.17, 15) is 24.3 Å². The SMILES string of the molecule is CC(=O)[C@@H]1CC(O)CN1C(=O)CN(C)CC(C(C)C)N(C)C(=O)C(NC(=O)C1CCCCN1C)C(C)(C)C. The van der Waals surface area contributed by atoms with Gasteiger partial charge in [0.15, 0.2) is 5.78 Å². The molecule has 2 aliphatic rings. The monoisotopic (exact) mass is 537 g/mol. The molecule has 2 fully saturated rings. The lowest BCUT2D eigenvalue weighted by atomic mass is 9.84. The van der Waals surface area contributed by atoms with Crippen molar-refractivity contribution in [2.24, 2.45) is 11.3 Å². The van der Waals surface area contributed by atoms with Crippen molar-refractivity contribution < 1.29 is 24.3 Å². The molecule has 0 bridgehead atoms. The van der Waals surface area contributed by atoms with Crippen LogP contribution in [0.3, 0.4) is 0 Å². The predicted octanol–water partition coefficient (Wildman–Crippen LogP) is 0.967. The number of aliphatic hydroxyl groups is 1. The molecule has 0 aromatic carbocycles. The summed E-state index contributed by atoms with van der Waals surface area (Å²) in [4.78, 5) is 59.1. The molecule has 0 saturated carbocycles. The first-order valence-electron chi connectivity index (χ1n) is 14.0. The van der Waals surface area contributed by atoms with Crippen LogP contribution in [0.1, 0.15) is 67.2 Å². The summed E-state index contributed by atoms with van der Waals surface area (Å²) in [5, 5.41) is 13.1. The highest BCUT2D eigenvalue weighted by Crippen LogP contribution is 2.25. The summed E-state index contributed by atoms with van der Waals surface area (Å²) in [6, 6.07) is -1.71. The molecule has 10 nitrogen and oxygen atoms in total. The summed E-state index contributed by atoms with van der Waals surface area (Å²) < 4.78 is 0. The number of nitrogens with zero attached hydrogens (tertiary/aromatic N) is 4. The first-order valence-corrected chi connectivity index (χ1v) is 14.0. The van der Waals surface area contributed by atoms with Gasteiger partial charge >= 0.3 is 0 Å². The number of β-amino-alcohol motifs (C(OH)–C–C–N with tert-alkyl or cyclic N) is 1. The molecule has 0 aromatic heterocycles. The summed E-state index contributed by atoms with van der Waals surface area (Å²) in [6.45, 7) is 12.9. The lowest BCUT2D eigenvalue weighted by Crippen LogP contribution is -2.60. The molecular weight excluding hydrogens is 486 g/mol. The van der Waals surface area contributed by atoms with Crippen LogP contribution in [-0.4, -0.2) is 126 Å². The standard InChI is InChI=1S/C28H51N5O5/c1-18(2)23(16-30(7)17-24(36)33-15-20(35)14-22(33)19(3)34)32(9)27(38)25(28(4,5)6)29-26(37)21-12-10-11-13-31(21)8/h18,20-23,25,35H,10-17H2,1-9H3,(H,29,37)/t20?,21?,22-,23?,25?/m0/s1. The molecule has 0 aromatic rings. The van der Waals surface area contributed by atoms with Crippen LogP contribution in [0.25, 0.3) is 0 Å². The van der Waals surface area contributed by atoms with Crippen LogP contribution in [-0.2, 0) is 19.2 Å². The number of likely N-dealkylation sites (tertiary alicyclic amines) is 2. The molecule has 2 heterocycles. The van der Waals surface area contributed by atoms with E-state index in [1.54, 1.807) is 11.9 Å². The Bertz CT molecular complexity index is 857. The molecule has 5 atom stereocenters. The van der Waals surface area contributed by atoms with Crippen LogP contribution in [0.4, 0.5) is 0 Å². The number of nitrogens with one attached hydrogen (secondary N) is 1. The van der Waals surface area contributed by atoms with Gasteiger partial charge in [-0.15, -0.1) is 0 Å². The molecule has 218 valence electrons. The Morgan fingerprint density at radius 1 is 1.08 bits per heavy atom. The van der Waals surface area contributed by atoms with Crippen molar-refractivity contribution >= 4 is 23.5 Å². The predicted molar refractivity (Wildman–Crippen MR) is 147 cm³/mol. The van der Waals surface area contributed by atoms with Crippen molar-refractivity contribution in [3.05, 3.63) is 0 Å². The highest BCUT2D eigenvalue weighted by atomic mass is 16.3. The van der Waals surface area contributed by atoms with Gasteiger partial charge in [-0.05, 0) is 51.7 Å². The van der Waals surface area contributed by atoms with Gasteiger partial charge in [-0.2, -0.15) is 0 Å². The number of aliphatic hydroxyl groups excluding tert-OH is 1. The Balaban J connectivity index is 2.11.